The summed E-state index contributed by atoms with van der Waals surface area (Å²) < 4.78 is 0. The van der Waals surface area contributed by atoms with Crippen molar-refractivity contribution in [1.29, 1.82) is 0 Å². The smallest absolute Gasteiger partial charge is 0.291 e. The summed E-state index contributed by atoms with van der Waals surface area (Å²) in [5, 5.41) is 13.6. The van der Waals surface area contributed by atoms with Crippen LogP contribution >= 0.6 is 0 Å². The van der Waals surface area contributed by atoms with Crippen molar-refractivity contribution in [2.45, 2.75) is 13.8 Å². The molecule has 0 aliphatic rings. The number of hydrogen-bond acceptors (Lipinski definition) is 3. The van der Waals surface area contributed by atoms with Crippen LogP contribution in [0, 0.1) is 10.1 Å². The van der Waals surface area contributed by atoms with Crippen molar-refractivity contribution in [3.8, 4) is 0 Å². The average Bonchev–Trinajstić information content (AvgIpc) is 1.25. The van der Waals surface area contributed by atoms with Crippen LogP contribution in [0.4, 0.5) is 0 Å². The Morgan fingerprint density at radius 2 is 1.56 bits per heavy atom. The summed E-state index contributed by atoms with van der Waals surface area (Å²) in [4.78, 5) is 17.8. The number of nitrogens with zero attached hydrogens (tertiary/aromatic N) is 1. The Labute approximate surface area is 64.9 Å². The molecule has 0 aromatic carbocycles. The second-order valence-corrected chi connectivity index (χ2v) is 1.15. The Bertz CT molecular complexity index is 73.8. The van der Waals surface area contributed by atoms with Crippen LogP contribution in [0.25, 0.3) is 0 Å². The Morgan fingerprint density at radius 1 is 1.56 bits per heavy atom. The van der Waals surface area contributed by atoms with Gasteiger partial charge in [0.2, 0.25) is 0 Å². The SMILES string of the molecule is CC(C)=O.O=[N+]([O-])O.[Ru]. The normalized spacial score (nSPS) is 5.56. The van der Waals surface area contributed by atoms with Gasteiger partial charge in [0.1, 0.15) is 5.78 Å². The van der Waals surface area contributed by atoms with Crippen LogP contribution in [0.15, 0.2) is 0 Å². The minimum absolute atomic E-state index is 0. The van der Waals surface area contributed by atoms with Gasteiger partial charge in [-0.15, -0.1) is 10.1 Å². The zero-order valence-corrected chi connectivity index (χ0v) is 6.71. The molecule has 0 aliphatic carbocycles. The minimum Gasteiger partial charge on any atom is -0.328 e. The third-order valence-corrected chi connectivity index (χ3v) is 0. The van der Waals surface area contributed by atoms with Gasteiger partial charge in [-0.3, -0.25) is 0 Å². The molecule has 0 atom stereocenters. The third-order valence-electron chi connectivity index (χ3n) is 0. The Kier molecular flexibility index (Phi) is 18.4. The Balaban J connectivity index is -0.0000000720. The zero-order valence-electron chi connectivity index (χ0n) is 4.97. The molecule has 0 rings (SSSR count). The standard InChI is InChI=1S/C3H6O.HNO3.Ru/c1-3(2)4;2-1(3)4;/h1-2H3;(H,2,3,4);. The van der Waals surface area contributed by atoms with Gasteiger partial charge in [0, 0.05) is 19.5 Å². The third kappa shape index (κ3) is 881. The van der Waals surface area contributed by atoms with E-state index in [2.05, 4.69) is 0 Å². The molecule has 0 spiro atoms. The molecule has 0 amide bonds. The predicted octanol–water partition coefficient (Wildman–Crippen LogP) is 0.245. The van der Waals surface area contributed by atoms with Crippen LogP contribution < -0.4 is 0 Å². The molecule has 0 radical (unpaired) electrons. The molecule has 0 saturated carbocycles. The van der Waals surface area contributed by atoms with Crippen molar-refractivity contribution in [1.82, 2.24) is 0 Å². The van der Waals surface area contributed by atoms with E-state index >= 15 is 0 Å². The monoisotopic (exact) mass is 223 g/mol. The molecule has 0 aliphatic heterocycles. The average molecular weight is 222 g/mol. The van der Waals surface area contributed by atoms with E-state index in [1.54, 1.807) is 0 Å². The molecule has 9 heavy (non-hydrogen) atoms. The van der Waals surface area contributed by atoms with Crippen molar-refractivity contribution in [3.63, 3.8) is 0 Å². The summed E-state index contributed by atoms with van der Waals surface area (Å²) in [6.45, 7) is 3.06. The molecule has 56 valence electrons. The predicted molar refractivity (Wildman–Crippen MR) is 25.1 cm³/mol. The fourth-order valence-electron chi connectivity index (χ4n) is 0. The van der Waals surface area contributed by atoms with Crippen LogP contribution in [0.1, 0.15) is 13.8 Å². The van der Waals surface area contributed by atoms with E-state index < -0.39 is 5.09 Å². The molecule has 0 aromatic rings. The van der Waals surface area contributed by atoms with Gasteiger partial charge < -0.3 is 10.0 Å². The molecular formula is C3H7NO4Ru. The Hall–Kier alpha value is -0.507. The van der Waals surface area contributed by atoms with Crippen molar-refractivity contribution in [3.05, 3.63) is 10.1 Å². The summed E-state index contributed by atoms with van der Waals surface area (Å²) >= 11 is 0. The van der Waals surface area contributed by atoms with E-state index in [9.17, 15) is 4.79 Å². The van der Waals surface area contributed by atoms with E-state index in [4.69, 9.17) is 15.3 Å². The molecule has 5 nitrogen and oxygen atoms in total. The quantitative estimate of drug-likeness (QED) is 0.362. The molecule has 0 heterocycles. The second kappa shape index (κ2) is 10.5. The van der Waals surface area contributed by atoms with Gasteiger partial charge in [-0.2, -0.15) is 0 Å². The first kappa shape index (κ1) is 15.8. The maximum atomic E-state index is 9.44. The van der Waals surface area contributed by atoms with E-state index in [0.29, 0.717) is 0 Å². The van der Waals surface area contributed by atoms with Crippen molar-refractivity contribution in [2.24, 2.45) is 0 Å². The van der Waals surface area contributed by atoms with E-state index in [0.717, 1.165) is 0 Å². The fraction of sp³-hybridized carbons (Fsp3) is 0.667. The van der Waals surface area contributed by atoms with Gasteiger partial charge in [0.15, 0.2) is 0 Å². The van der Waals surface area contributed by atoms with Crippen LogP contribution in [-0.4, -0.2) is 16.1 Å². The van der Waals surface area contributed by atoms with Gasteiger partial charge in [-0.05, 0) is 13.8 Å². The molecule has 0 fully saturated rings. The fourth-order valence-corrected chi connectivity index (χ4v) is 0. The Morgan fingerprint density at radius 3 is 1.56 bits per heavy atom. The molecule has 1 N–H and O–H groups in total. The topological polar surface area (TPSA) is 80.4 Å². The summed E-state index contributed by atoms with van der Waals surface area (Å²) in [6.07, 6.45) is 0. The van der Waals surface area contributed by atoms with Crippen LogP contribution in [0.2, 0.25) is 0 Å². The van der Waals surface area contributed by atoms with Gasteiger partial charge in [0.05, 0.1) is 0 Å². The first-order valence-electron chi connectivity index (χ1n) is 1.77. The number of rotatable bonds is 0. The van der Waals surface area contributed by atoms with Crippen molar-refractivity contribution in [2.75, 3.05) is 0 Å². The second-order valence-electron chi connectivity index (χ2n) is 1.15. The van der Waals surface area contributed by atoms with Gasteiger partial charge >= 0.3 is 0 Å². The van der Waals surface area contributed by atoms with Gasteiger partial charge in [-0.25, -0.2) is 0 Å². The van der Waals surface area contributed by atoms with Crippen LogP contribution in [-0.2, 0) is 24.3 Å². The zero-order chi connectivity index (χ0) is 7.15. The summed E-state index contributed by atoms with van der Waals surface area (Å²) in [5.74, 6) is 0.167. The van der Waals surface area contributed by atoms with E-state index in [-0.39, 0.29) is 25.3 Å². The maximum absolute atomic E-state index is 9.44. The number of carbonyl (C=O) groups is 1. The number of ketones is 1. The molecule has 0 unspecified atom stereocenters. The van der Waals surface area contributed by atoms with Crippen LogP contribution in [0.3, 0.4) is 0 Å². The maximum Gasteiger partial charge on any atom is 0.291 e. The summed E-state index contributed by atoms with van der Waals surface area (Å²) in [5.41, 5.74) is 0. The molecule has 0 aromatic heterocycles. The minimum atomic E-state index is -1.50. The number of hydrogen-bond donors (Lipinski definition) is 1. The van der Waals surface area contributed by atoms with Crippen molar-refractivity contribution >= 4 is 5.78 Å². The van der Waals surface area contributed by atoms with E-state index in [1.165, 1.54) is 13.8 Å². The molecule has 0 bridgehead atoms. The van der Waals surface area contributed by atoms with E-state index in [1.807, 2.05) is 0 Å². The molecule has 6 heteroatoms. The number of carbonyl (C=O) groups excluding carboxylic acids is 1. The molecule has 0 saturated heterocycles. The molecular weight excluding hydrogens is 215 g/mol. The van der Waals surface area contributed by atoms with Gasteiger partial charge in [0.25, 0.3) is 5.09 Å². The first-order valence-corrected chi connectivity index (χ1v) is 1.77. The summed E-state index contributed by atoms with van der Waals surface area (Å²) in [7, 11) is 0. The van der Waals surface area contributed by atoms with Gasteiger partial charge in [-0.1, -0.05) is 0 Å². The first-order chi connectivity index (χ1) is 3.46. The largest absolute Gasteiger partial charge is 0.328 e. The summed E-state index contributed by atoms with van der Waals surface area (Å²) in [6, 6.07) is 0. The van der Waals surface area contributed by atoms with Crippen molar-refractivity contribution < 1.29 is 34.6 Å². The van der Waals surface area contributed by atoms with Crippen LogP contribution in [0.5, 0.6) is 0 Å². The number of Topliss-reactive ketones (excluding diaryl/α,β-unsaturated/α-hetero) is 1.